The number of thiophene rings is 1. The molecule has 3 heterocycles. The summed E-state index contributed by atoms with van der Waals surface area (Å²) in [5.74, 6) is -3.31. The number of amides is 1. The third-order valence-electron chi connectivity index (χ3n) is 3.27. The van der Waals surface area contributed by atoms with Crippen LogP contribution in [0.4, 0.5) is 0 Å². The normalized spacial score (nSPS) is 38.6. The van der Waals surface area contributed by atoms with Crippen LogP contribution < -0.4 is 10.9 Å². The van der Waals surface area contributed by atoms with Crippen molar-refractivity contribution >= 4 is 39.1 Å². The fourth-order valence-corrected chi connectivity index (χ4v) is 3.30. The van der Waals surface area contributed by atoms with Gasteiger partial charge in [0.1, 0.15) is 16.1 Å². The fourth-order valence-electron chi connectivity index (χ4n) is 2.15. The van der Waals surface area contributed by atoms with Gasteiger partial charge in [0.15, 0.2) is 1.41 Å². The molecule has 3 rings (SSSR count). The summed E-state index contributed by atoms with van der Waals surface area (Å²) in [4.78, 5) is 26.6. The van der Waals surface area contributed by atoms with Crippen LogP contribution in [0.25, 0.3) is 10.2 Å². The van der Waals surface area contributed by atoms with E-state index >= 15 is 0 Å². The average molecular weight is 434 g/mol. The summed E-state index contributed by atoms with van der Waals surface area (Å²) in [5, 5.41) is 2.90. The zero-order valence-electron chi connectivity index (χ0n) is 35.3. The first kappa shape index (κ1) is 6.21. The Labute approximate surface area is 198 Å². The SMILES string of the molecule is [2H]Oc1c(C(=O)N([2H])C([2H])([2H])CCN2C([2H])([2H])C([2H])([2H])C([2H])([2H])C([2H])([2H])C2([2H])[2H])c(=O)n(C([2H])(C([2H])([2H])[2H])C([2H])([2H])[2H])c2sc(Cl)c([2H])c12. The minimum atomic E-state index is -3.92. The van der Waals surface area contributed by atoms with Gasteiger partial charge >= 0.3 is 0 Å². The molecule has 1 aliphatic heterocycles. The first-order valence-corrected chi connectivity index (χ1v) is 8.39. The van der Waals surface area contributed by atoms with Crippen LogP contribution in [0.15, 0.2) is 10.8 Å². The molecule has 1 fully saturated rings. The van der Waals surface area contributed by atoms with Crippen molar-refractivity contribution in [3.8, 4) is 5.75 Å². The van der Waals surface area contributed by atoms with E-state index < -0.39 is 120 Å². The Morgan fingerprint density at radius 2 is 2.41 bits per heavy atom. The highest BCUT2D eigenvalue weighted by atomic mass is 35.5. The monoisotopic (exact) mass is 433 g/mol. The van der Waals surface area contributed by atoms with Crippen LogP contribution >= 0.6 is 22.9 Å². The standard InChI is InChI=1S/C19H26ClN3O3S/c1-12(2)23-18(26)15(16(24)13-11-14(20)27-19(13)23)17(25)21-7-6-10-22-8-4-3-5-9-22/h11-12,24H,3-10H2,1-2H3,(H,21,25)/i1D3,2D3,3D2,4D2,5D2,7D2,8D2,9D2,11D,12D/hD2. The minimum Gasteiger partial charge on any atom is -0.506 e. The van der Waals surface area contributed by atoms with Crippen molar-refractivity contribution in [3.05, 3.63) is 26.3 Å². The number of piperidine rings is 1. The molecule has 0 aromatic carbocycles. The molecule has 0 spiro atoms. The topological polar surface area (TPSA) is 74.6 Å². The molecule has 1 saturated heterocycles. The summed E-state index contributed by atoms with van der Waals surface area (Å²) >= 11 is 6.20. The number of aromatic hydroxyl groups is 1. The number of hydrogen-bond donors (Lipinski definition) is 2. The van der Waals surface area contributed by atoms with E-state index in [9.17, 15) is 9.59 Å². The van der Waals surface area contributed by atoms with Crippen molar-refractivity contribution in [1.82, 2.24) is 14.8 Å². The molecule has 0 bridgehead atoms. The van der Waals surface area contributed by atoms with Gasteiger partial charge in [-0.15, -0.1) is 11.3 Å². The van der Waals surface area contributed by atoms with Crippen molar-refractivity contribution in [1.29, 1.82) is 1.43 Å². The number of rotatable bonds is 7. The number of likely N-dealkylation sites (tertiary alicyclic amines) is 1. The van der Waals surface area contributed by atoms with Crippen molar-refractivity contribution < 1.29 is 38.7 Å². The average Bonchev–Trinajstić information content (AvgIpc) is 3.21. The lowest BCUT2D eigenvalue weighted by atomic mass is 10.1. The molecule has 0 atom stereocenters. The van der Waals surface area contributed by atoms with Crippen molar-refractivity contribution in [2.45, 2.75) is 45.3 Å². The number of pyridine rings is 1. The van der Waals surface area contributed by atoms with Gasteiger partial charge < -0.3 is 15.3 Å². The molecule has 6 nitrogen and oxygen atoms in total. The molecule has 2 aromatic rings. The lowest BCUT2D eigenvalue weighted by molar-refractivity contribution is 0.0946. The van der Waals surface area contributed by atoms with Gasteiger partial charge in [-0.25, -0.2) is 0 Å². The molecule has 8 heteroatoms. The lowest BCUT2D eigenvalue weighted by Crippen LogP contribution is -2.36. The maximum Gasteiger partial charge on any atom is 0.293 e. The summed E-state index contributed by atoms with van der Waals surface area (Å²) in [7, 11) is 0. The summed E-state index contributed by atoms with van der Waals surface area (Å²) in [6.45, 7) is -20.0. The molecule has 27 heavy (non-hydrogen) atoms. The van der Waals surface area contributed by atoms with Crippen LogP contribution in [0, 0.1) is 0 Å². The Morgan fingerprint density at radius 3 is 3.11 bits per heavy atom. The Kier molecular flexibility index (Phi) is 1.98. The zero-order valence-corrected chi connectivity index (χ0v) is 14.8. The number of nitrogens with one attached hydrogen (secondary N) is 1. The van der Waals surface area contributed by atoms with E-state index in [0.717, 1.165) is 0 Å². The highest BCUT2D eigenvalue weighted by Crippen LogP contribution is 2.36. The van der Waals surface area contributed by atoms with Gasteiger partial charge in [-0.3, -0.25) is 14.2 Å². The van der Waals surface area contributed by atoms with E-state index in [-0.39, 0.29) is 20.8 Å². The van der Waals surface area contributed by atoms with Gasteiger partial charge in [-0.1, -0.05) is 18.0 Å². The Balaban J connectivity index is 2.25. The van der Waals surface area contributed by atoms with Gasteiger partial charge in [-0.05, 0) is 58.5 Å². The zero-order chi connectivity index (χ0) is 38.7. The molecule has 2 aromatic heterocycles. The molecule has 148 valence electrons. The number of carbonyl (C=O) groups excluding carboxylic acids is 1. The first-order chi connectivity index (χ1) is 21.6. The lowest BCUT2D eigenvalue weighted by Gasteiger charge is -2.26. The van der Waals surface area contributed by atoms with Gasteiger partial charge in [0.2, 0.25) is 0 Å². The molecule has 1 amide bonds. The summed E-state index contributed by atoms with van der Waals surface area (Å²) in [6.07, 6.45) is -12.7. The Morgan fingerprint density at radius 1 is 1.63 bits per heavy atom. The van der Waals surface area contributed by atoms with Crippen LogP contribution in [-0.4, -0.2) is 47.9 Å². The maximum atomic E-state index is 13.9. The van der Waals surface area contributed by atoms with Gasteiger partial charge in [0.05, 0.1) is 12.5 Å². The van der Waals surface area contributed by atoms with Crippen LogP contribution in [0.3, 0.4) is 0 Å². The van der Waals surface area contributed by atoms with E-state index in [1.54, 1.807) is 0 Å². The fraction of sp³-hybridized carbons (Fsp3) is 0.579. The van der Waals surface area contributed by atoms with Crippen LogP contribution in [0.1, 0.15) is 83.0 Å². The van der Waals surface area contributed by atoms with E-state index in [2.05, 4.69) is 5.11 Å². The van der Waals surface area contributed by atoms with Crippen LogP contribution in [0.2, 0.25) is 5.75 Å². The molecule has 0 radical (unpaired) electrons. The number of fused-ring (bicyclic) bond motifs is 1. The van der Waals surface area contributed by atoms with Gasteiger partial charge in [-0.2, -0.15) is 0 Å². The van der Waals surface area contributed by atoms with E-state index in [0.29, 0.717) is 0 Å². The second-order valence-corrected chi connectivity index (χ2v) is 6.55. The summed E-state index contributed by atoms with van der Waals surface area (Å²) < 4.78 is 176. The predicted octanol–water partition coefficient (Wildman–Crippen LogP) is 3.61. The number of aromatic nitrogens is 1. The van der Waals surface area contributed by atoms with E-state index in [4.69, 9.17) is 41.9 Å². The third kappa shape index (κ3) is 4.31. The largest absolute Gasteiger partial charge is 0.506 e. The highest BCUT2D eigenvalue weighted by molar-refractivity contribution is 7.22. The Hall–Kier alpha value is -1.57. The third-order valence-corrected chi connectivity index (χ3v) is 4.46. The molecular weight excluding hydrogens is 386 g/mol. The number of hydrogen-bond acceptors (Lipinski definition) is 5. The van der Waals surface area contributed by atoms with Crippen molar-refractivity contribution in [3.63, 3.8) is 0 Å². The summed E-state index contributed by atoms with van der Waals surface area (Å²) in [5.41, 5.74) is -3.61. The predicted molar refractivity (Wildman–Crippen MR) is 110 cm³/mol. The Bertz CT molecular complexity index is 1670. The van der Waals surface area contributed by atoms with Crippen LogP contribution in [0.5, 0.6) is 5.75 Å². The highest BCUT2D eigenvalue weighted by Gasteiger charge is 2.24. The van der Waals surface area contributed by atoms with E-state index in [1.807, 2.05) is 0 Å². The van der Waals surface area contributed by atoms with Crippen molar-refractivity contribution in [2.24, 2.45) is 0 Å². The molecule has 0 aliphatic carbocycles. The van der Waals surface area contributed by atoms with Gasteiger partial charge in [0.25, 0.3) is 12.9 Å². The van der Waals surface area contributed by atoms with Crippen molar-refractivity contribution in [2.75, 3.05) is 26.0 Å². The first-order valence-electron chi connectivity index (χ1n) is 18.1. The van der Waals surface area contributed by atoms with E-state index in [1.165, 1.54) is 0 Å². The molecule has 0 unspecified atom stereocenters. The second kappa shape index (κ2) is 8.63. The van der Waals surface area contributed by atoms with Gasteiger partial charge in [0, 0.05) is 37.2 Å². The molecule has 0 saturated carbocycles. The van der Waals surface area contributed by atoms with Crippen LogP contribution in [-0.2, 0) is 0 Å². The molecular formula is C19H26ClN3O3S. The summed E-state index contributed by atoms with van der Waals surface area (Å²) in [6, 6.07) is -4.77. The molecule has 2 N–H and O–H groups in total. The minimum absolute atomic E-state index is 0.171. The maximum absolute atomic E-state index is 13.9. The molecule has 1 aliphatic rings. The second-order valence-electron chi connectivity index (χ2n) is 4.95. The number of halogens is 1. The number of nitrogens with zero attached hydrogens (tertiary/aromatic N) is 2. The number of carbonyl (C=O) groups is 1. The smallest absolute Gasteiger partial charge is 0.293 e. The quantitative estimate of drug-likeness (QED) is 0.699.